The largest absolute Gasteiger partial charge is 0.508 e. The molecule has 0 bridgehead atoms. The third-order valence-corrected chi connectivity index (χ3v) is 14.9. The molecule has 95 heavy (non-hydrogen) atoms. The molecule has 26 heteroatoms. The van der Waals surface area contributed by atoms with E-state index in [-0.39, 0.29) is 123 Å². The van der Waals surface area contributed by atoms with E-state index in [2.05, 4.69) is 0 Å². The van der Waals surface area contributed by atoms with Gasteiger partial charge in [0.25, 0.3) is 0 Å². The summed E-state index contributed by atoms with van der Waals surface area (Å²) in [6, 6.07) is 33.7. The number of aliphatic hydroxyl groups is 4. The van der Waals surface area contributed by atoms with E-state index in [4.69, 9.17) is 41.4 Å². The number of benzene rings is 8. The van der Waals surface area contributed by atoms with Gasteiger partial charge in [-0.1, -0.05) is 42.5 Å². The maximum atomic E-state index is 13.0. The first-order valence-electron chi connectivity index (χ1n) is 28.1. The number of phenolic OH excluding ortho intramolecular Hbond substituents is 9. The molecule has 0 radical (unpaired) electrons. The van der Waals surface area contributed by atoms with Crippen molar-refractivity contribution >= 4 is 43.9 Å². The van der Waals surface area contributed by atoms with Crippen LogP contribution in [-0.4, -0.2) is 125 Å². The van der Waals surface area contributed by atoms with Crippen LogP contribution in [0.2, 0.25) is 0 Å². The van der Waals surface area contributed by atoms with Crippen LogP contribution in [0.25, 0.3) is 88.4 Å². The van der Waals surface area contributed by atoms with E-state index in [1.165, 1.54) is 93.9 Å². The van der Waals surface area contributed by atoms with Crippen molar-refractivity contribution in [1.82, 2.24) is 0 Å². The van der Waals surface area contributed by atoms with Gasteiger partial charge >= 0.3 is 0 Å². The second-order valence-electron chi connectivity index (χ2n) is 20.9. The molecule has 488 valence electrons. The van der Waals surface area contributed by atoms with Gasteiger partial charge in [0.05, 0.1) is 50.2 Å². The van der Waals surface area contributed by atoms with Crippen LogP contribution in [0, 0.1) is 0 Å². The van der Waals surface area contributed by atoms with Gasteiger partial charge in [-0.2, -0.15) is 0 Å². The highest BCUT2D eigenvalue weighted by Crippen LogP contribution is 2.37. The van der Waals surface area contributed by atoms with E-state index in [0.29, 0.717) is 39.3 Å². The minimum atomic E-state index is -1.63. The molecule has 1 aliphatic heterocycles. The summed E-state index contributed by atoms with van der Waals surface area (Å²) in [6.45, 7) is -0.614. The number of aliphatic hydroxyl groups excluding tert-OH is 4. The molecule has 8 aromatic carbocycles. The summed E-state index contributed by atoms with van der Waals surface area (Å²) in [4.78, 5) is 50.4. The number of ether oxygens (including phenoxy) is 5. The number of methoxy groups -OCH3 is 3. The number of phenols is 9. The molecule has 5 atom stereocenters. The predicted octanol–water partition coefficient (Wildman–Crippen LogP) is 8.39. The highest BCUT2D eigenvalue weighted by Gasteiger charge is 2.45. The fourth-order valence-electron chi connectivity index (χ4n) is 10.1. The summed E-state index contributed by atoms with van der Waals surface area (Å²) in [6.07, 6.45) is -2.33. The zero-order valence-electron chi connectivity index (χ0n) is 49.8. The van der Waals surface area contributed by atoms with Crippen molar-refractivity contribution in [2.24, 2.45) is 0 Å². The Labute approximate surface area is 533 Å². The molecule has 13 rings (SSSR count). The number of aromatic hydroxyl groups is 9. The van der Waals surface area contributed by atoms with Gasteiger partial charge in [-0.3, -0.25) is 19.2 Å². The van der Waals surface area contributed by atoms with Gasteiger partial charge in [-0.25, -0.2) is 0 Å². The van der Waals surface area contributed by atoms with E-state index in [9.17, 15) is 85.6 Å². The molecule has 12 aromatic rings. The van der Waals surface area contributed by atoms with Gasteiger partial charge in [0.1, 0.15) is 157 Å². The summed E-state index contributed by atoms with van der Waals surface area (Å²) in [7, 11) is 4.49. The molecule has 1 aliphatic rings. The summed E-state index contributed by atoms with van der Waals surface area (Å²) < 4.78 is 47.5. The van der Waals surface area contributed by atoms with Gasteiger partial charge in [-0.15, -0.1) is 0 Å². The Bertz CT molecular complexity index is 5050. The molecule has 13 N–H and O–H groups in total. The van der Waals surface area contributed by atoms with Crippen LogP contribution < -0.4 is 40.7 Å². The first-order valence-corrected chi connectivity index (χ1v) is 28.1. The lowest BCUT2D eigenvalue weighted by Gasteiger charge is -2.39. The van der Waals surface area contributed by atoms with Gasteiger partial charge in [0.2, 0.25) is 28.0 Å². The van der Waals surface area contributed by atoms with E-state index in [1.54, 1.807) is 67.8 Å². The maximum Gasteiger partial charge on any atom is 0.229 e. The highest BCUT2D eigenvalue weighted by molar-refractivity contribution is 5.91. The second kappa shape index (κ2) is 27.7. The highest BCUT2D eigenvalue weighted by atomic mass is 16.7. The molecular weight excluding hydrogens is 1240 g/mol. The van der Waals surface area contributed by atoms with Crippen LogP contribution in [0.3, 0.4) is 0 Å². The summed E-state index contributed by atoms with van der Waals surface area (Å²) >= 11 is 0. The van der Waals surface area contributed by atoms with E-state index >= 15 is 0 Å². The van der Waals surface area contributed by atoms with E-state index in [1.807, 2.05) is 0 Å². The van der Waals surface area contributed by atoms with Crippen LogP contribution >= 0.6 is 0 Å². The quantitative estimate of drug-likeness (QED) is 0.0611. The molecule has 4 aromatic heterocycles. The van der Waals surface area contributed by atoms with Crippen LogP contribution in [-0.2, 0) is 4.74 Å². The zero-order valence-corrected chi connectivity index (χ0v) is 49.8. The minimum absolute atomic E-state index is 0.00775. The predicted molar refractivity (Wildman–Crippen MR) is 341 cm³/mol. The lowest BCUT2D eigenvalue weighted by Crippen LogP contribution is -2.60. The summed E-state index contributed by atoms with van der Waals surface area (Å²) in [5, 5.41) is 126. The molecule has 26 nitrogen and oxygen atoms in total. The average Bonchev–Trinajstić information content (AvgIpc) is 0.805. The fourth-order valence-corrected chi connectivity index (χ4v) is 10.1. The van der Waals surface area contributed by atoms with Crippen LogP contribution in [0.5, 0.6) is 74.7 Å². The van der Waals surface area contributed by atoms with Crippen molar-refractivity contribution in [1.29, 1.82) is 0 Å². The van der Waals surface area contributed by atoms with E-state index in [0.717, 1.165) is 24.3 Å². The second-order valence-corrected chi connectivity index (χ2v) is 20.9. The monoisotopic (exact) mass is 1300 g/mol. The third-order valence-electron chi connectivity index (χ3n) is 14.9. The van der Waals surface area contributed by atoms with Crippen molar-refractivity contribution in [3.8, 4) is 119 Å². The number of fused-ring (bicyclic) bond motifs is 4. The van der Waals surface area contributed by atoms with Gasteiger partial charge in [-0.05, 0) is 70.8 Å². The fraction of sp³-hybridized carbons (Fsp3) is 0.130. The number of hydrogen-bond acceptors (Lipinski definition) is 26. The maximum absolute atomic E-state index is 13.0. The molecule has 0 spiro atoms. The molecule has 2 unspecified atom stereocenters. The molecule has 0 aliphatic carbocycles. The van der Waals surface area contributed by atoms with Crippen molar-refractivity contribution < 1.29 is 108 Å². The molecular formula is C69H56O26. The van der Waals surface area contributed by atoms with Crippen LogP contribution in [0.4, 0.5) is 0 Å². The molecule has 0 amide bonds. The average molecular weight is 1300 g/mol. The van der Waals surface area contributed by atoms with Gasteiger partial charge in [0.15, 0.2) is 11.5 Å². The first kappa shape index (κ1) is 65.7. The lowest BCUT2D eigenvalue weighted by molar-refractivity contribution is -0.277. The SMILES string of the molecule is COc1cc(-c2coc3cc(O)cc(O)c3c2=O)ccc1O.COc1ccc(-c2coc3cc(O)cc(O)c3c2=O)cc1.COc1ccc(-c2coc3cc(O[C@@H]4OC(CO)[C@@H](O)[C@H](O)C4O)cc(O)c3c2=O)cc1.O=c1c(-c2ccc(O)cc2)coc2cc(O)cc(O)c12. The summed E-state index contributed by atoms with van der Waals surface area (Å²) in [5.41, 5.74) is 1.93. The Hall–Kier alpha value is -12.2. The topological polar surface area (TPSA) is 430 Å². The Morgan fingerprint density at radius 3 is 1.09 bits per heavy atom. The van der Waals surface area contributed by atoms with Crippen molar-refractivity contribution in [2.75, 3.05) is 27.9 Å². The zero-order chi connectivity index (χ0) is 68.1. The summed E-state index contributed by atoms with van der Waals surface area (Å²) in [5.74, 6) is -0.468. The van der Waals surface area contributed by atoms with Crippen LogP contribution in [0.1, 0.15) is 0 Å². The minimum Gasteiger partial charge on any atom is -0.508 e. The van der Waals surface area contributed by atoms with Crippen molar-refractivity contribution in [3.05, 3.63) is 205 Å². The normalized spacial score (nSPS) is 15.8. The van der Waals surface area contributed by atoms with Crippen molar-refractivity contribution in [2.45, 2.75) is 30.7 Å². The third kappa shape index (κ3) is 13.7. The number of hydrogen-bond donors (Lipinski definition) is 13. The molecule has 1 fully saturated rings. The Kier molecular flexibility index (Phi) is 19.2. The number of rotatable bonds is 10. The molecule has 0 saturated carbocycles. The first-order chi connectivity index (χ1) is 45.5. The van der Waals surface area contributed by atoms with E-state index < -0.39 is 59.3 Å². The van der Waals surface area contributed by atoms with Gasteiger partial charge in [0, 0.05) is 48.5 Å². The van der Waals surface area contributed by atoms with Gasteiger partial charge < -0.3 is 108 Å². The Morgan fingerprint density at radius 2 is 0.716 bits per heavy atom. The standard InChI is InChI=1S/C22H22O10.C16H12O6.C16H12O5.C15H10O5/c1-29-11-4-2-10(3-5-11)13-9-30-15-7-12(6-14(24)17(15)18(13)25)31-22-21(28)20(27)19(26)16(8-23)32-22;1-21-13-4-8(2-3-11(13)18)10-7-22-14-6-9(17)5-12(19)15(14)16(10)20;1-20-11-4-2-9(3-5-11)12-8-21-14-7-10(17)6-13(18)15(14)16(12)19;16-9-3-1-8(2-4-9)11-7-20-13-6-10(17)5-12(18)14(13)15(11)19/h2-7,9,16,19-24,26-28H,8H2,1H3;2-7,17-19H,1H3;2-8,17-18H,1H3;1-7,16-18H/t16?,19-,20+,21?,22-;;;/m1.../s1. The molecule has 5 heterocycles. The Morgan fingerprint density at radius 1 is 0.358 bits per heavy atom. The van der Waals surface area contributed by atoms with Crippen molar-refractivity contribution in [3.63, 3.8) is 0 Å². The molecule has 1 saturated heterocycles. The lowest BCUT2D eigenvalue weighted by atomic mass is 9.99. The Balaban J connectivity index is 0.000000141. The van der Waals surface area contributed by atoms with Crippen LogP contribution in [0.15, 0.2) is 201 Å². The smallest absolute Gasteiger partial charge is 0.229 e.